The van der Waals surface area contributed by atoms with E-state index in [1.807, 2.05) is 0 Å². The minimum absolute atomic E-state index is 0.109. The number of rotatable bonds is 5. The van der Waals surface area contributed by atoms with Crippen LogP contribution in [0.15, 0.2) is 47.4 Å². The fourth-order valence-electron chi connectivity index (χ4n) is 2.15. The third kappa shape index (κ3) is 2.86. The maximum absolute atomic E-state index is 12.4. The van der Waals surface area contributed by atoms with Crippen molar-refractivity contribution in [2.45, 2.75) is 11.4 Å². The summed E-state index contributed by atoms with van der Waals surface area (Å²) in [5.41, 5.74) is 0.780. The SMILES string of the molecule is COc1ccccc1S(=O)(=O)NCc1ccc2c(c1)OCO2. The zero-order valence-electron chi connectivity index (χ0n) is 11.9. The summed E-state index contributed by atoms with van der Waals surface area (Å²) in [4.78, 5) is 0.109. The van der Waals surface area contributed by atoms with Crippen LogP contribution in [0.4, 0.5) is 0 Å². The van der Waals surface area contributed by atoms with Crippen molar-refractivity contribution < 1.29 is 22.6 Å². The molecule has 1 heterocycles. The van der Waals surface area contributed by atoms with Gasteiger partial charge < -0.3 is 14.2 Å². The highest BCUT2D eigenvalue weighted by Gasteiger charge is 2.19. The van der Waals surface area contributed by atoms with Crippen LogP contribution in [0.25, 0.3) is 0 Å². The van der Waals surface area contributed by atoms with E-state index in [4.69, 9.17) is 14.2 Å². The van der Waals surface area contributed by atoms with Crippen molar-refractivity contribution in [3.63, 3.8) is 0 Å². The lowest BCUT2D eigenvalue weighted by Crippen LogP contribution is -2.23. The van der Waals surface area contributed by atoms with E-state index in [9.17, 15) is 8.42 Å². The van der Waals surface area contributed by atoms with Gasteiger partial charge in [-0.25, -0.2) is 13.1 Å². The van der Waals surface area contributed by atoms with E-state index in [2.05, 4.69) is 4.72 Å². The molecule has 0 saturated heterocycles. The van der Waals surface area contributed by atoms with Gasteiger partial charge in [0.05, 0.1) is 7.11 Å². The van der Waals surface area contributed by atoms with Gasteiger partial charge in [0, 0.05) is 6.54 Å². The summed E-state index contributed by atoms with van der Waals surface area (Å²) >= 11 is 0. The quantitative estimate of drug-likeness (QED) is 0.910. The molecule has 1 N–H and O–H groups in total. The Morgan fingerprint density at radius 1 is 1.14 bits per heavy atom. The molecule has 0 atom stereocenters. The van der Waals surface area contributed by atoms with Crippen LogP contribution < -0.4 is 18.9 Å². The van der Waals surface area contributed by atoms with Crippen molar-refractivity contribution >= 4 is 10.0 Å². The number of methoxy groups -OCH3 is 1. The van der Waals surface area contributed by atoms with Crippen LogP contribution in [0.5, 0.6) is 17.2 Å². The van der Waals surface area contributed by atoms with Crippen LogP contribution in [0.3, 0.4) is 0 Å². The van der Waals surface area contributed by atoms with Gasteiger partial charge >= 0.3 is 0 Å². The van der Waals surface area contributed by atoms with Crippen LogP contribution in [-0.2, 0) is 16.6 Å². The van der Waals surface area contributed by atoms with Crippen LogP contribution in [-0.4, -0.2) is 22.3 Å². The summed E-state index contributed by atoms with van der Waals surface area (Å²) in [6.45, 7) is 0.336. The van der Waals surface area contributed by atoms with Crippen LogP contribution in [0.1, 0.15) is 5.56 Å². The number of para-hydroxylation sites is 1. The number of fused-ring (bicyclic) bond motifs is 1. The lowest BCUT2D eigenvalue weighted by Gasteiger charge is -2.10. The Balaban J connectivity index is 1.78. The molecule has 7 heteroatoms. The second kappa shape index (κ2) is 5.86. The first-order valence-corrected chi connectivity index (χ1v) is 8.10. The Hall–Kier alpha value is -2.25. The van der Waals surface area contributed by atoms with Gasteiger partial charge in [-0.3, -0.25) is 0 Å². The van der Waals surface area contributed by atoms with Crippen molar-refractivity contribution in [2.75, 3.05) is 13.9 Å². The minimum atomic E-state index is -3.66. The van der Waals surface area contributed by atoms with E-state index in [0.717, 1.165) is 5.56 Å². The Kier molecular flexibility index (Phi) is 3.91. The van der Waals surface area contributed by atoms with Gasteiger partial charge in [-0.15, -0.1) is 0 Å². The molecule has 0 unspecified atom stereocenters. The van der Waals surface area contributed by atoms with Crippen molar-refractivity contribution in [1.82, 2.24) is 4.72 Å². The highest BCUT2D eigenvalue weighted by Crippen LogP contribution is 2.32. The number of nitrogens with one attached hydrogen (secondary N) is 1. The van der Waals surface area contributed by atoms with Crippen molar-refractivity contribution in [1.29, 1.82) is 0 Å². The van der Waals surface area contributed by atoms with Crippen molar-refractivity contribution in [2.24, 2.45) is 0 Å². The van der Waals surface area contributed by atoms with Crippen molar-refractivity contribution in [3.05, 3.63) is 48.0 Å². The number of benzene rings is 2. The predicted molar refractivity (Wildman–Crippen MR) is 79.6 cm³/mol. The molecule has 2 aromatic rings. The lowest BCUT2D eigenvalue weighted by molar-refractivity contribution is 0.174. The standard InChI is InChI=1S/C15H15NO5S/c1-19-13-4-2-3-5-15(13)22(17,18)16-9-11-6-7-12-14(8-11)21-10-20-12/h2-8,16H,9-10H2,1H3. The van der Waals surface area contributed by atoms with Crippen molar-refractivity contribution in [3.8, 4) is 17.2 Å². The second-order valence-corrected chi connectivity index (χ2v) is 6.40. The zero-order chi connectivity index (χ0) is 15.6. The topological polar surface area (TPSA) is 73.9 Å². The molecule has 0 saturated carbocycles. The predicted octanol–water partition coefficient (Wildman–Crippen LogP) is 1.90. The molecule has 0 amide bonds. The lowest BCUT2D eigenvalue weighted by atomic mass is 10.2. The monoisotopic (exact) mass is 321 g/mol. The first kappa shape index (κ1) is 14.7. The Labute approximate surface area is 128 Å². The number of hydrogen-bond donors (Lipinski definition) is 1. The summed E-state index contributed by atoms with van der Waals surface area (Å²) in [7, 11) is -2.23. The average Bonchev–Trinajstić information content (AvgIpc) is 3.00. The Morgan fingerprint density at radius 3 is 2.73 bits per heavy atom. The largest absolute Gasteiger partial charge is 0.495 e. The highest BCUT2D eigenvalue weighted by atomic mass is 32.2. The summed E-state index contributed by atoms with van der Waals surface area (Å²) in [5.74, 6) is 1.59. The maximum Gasteiger partial charge on any atom is 0.244 e. The summed E-state index contributed by atoms with van der Waals surface area (Å²) in [5, 5.41) is 0. The van der Waals surface area contributed by atoms with Crippen LogP contribution >= 0.6 is 0 Å². The third-order valence-electron chi connectivity index (χ3n) is 3.26. The first-order chi connectivity index (χ1) is 10.6. The second-order valence-electron chi connectivity index (χ2n) is 4.66. The van der Waals surface area contributed by atoms with Gasteiger partial charge in [0.25, 0.3) is 0 Å². The molecular formula is C15H15NO5S. The van der Waals surface area contributed by atoms with E-state index in [1.165, 1.54) is 13.2 Å². The van der Waals surface area contributed by atoms with Gasteiger partial charge in [0.2, 0.25) is 16.8 Å². The van der Waals surface area contributed by atoms with E-state index < -0.39 is 10.0 Å². The molecular weight excluding hydrogens is 306 g/mol. The highest BCUT2D eigenvalue weighted by molar-refractivity contribution is 7.89. The van der Waals surface area contributed by atoms with Crippen LogP contribution in [0, 0.1) is 0 Å². The molecule has 1 aliphatic heterocycles. The van der Waals surface area contributed by atoms with Gasteiger partial charge in [-0.2, -0.15) is 0 Å². The van der Waals surface area contributed by atoms with E-state index in [1.54, 1.807) is 36.4 Å². The number of hydrogen-bond acceptors (Lipinski definition) is 5. The first-order valence-electron chi connectivity index (χ1n) is 6.61. The fourth-order valence-corrected chi connectivity index (χ4v) is 3.33. The molecule has 3 rings (SSSR count). The Morgan fingerprint density at radius 2 is 1.91 bits per heavy atom. The molecule has 0 bridgehead atoms. The molecule has 0 fully saturated rings. The summed E-state index contributed by atoms with van der Waals surface area (Å²) in [6.07, 6.45) is 0. The number of ether oxygens (including phenoxy) is 3. The zero-order valence-corrected chi connectivity index (χ0v) is 12.7. The molecule has 0 aromatic heterocycles. The summed E-state index contributed by atoms with van der Waals surface area (Å²) < 4.78 is 42.9. The maximum atomic E-state index is 12.4. The molecule has 1 aliphatic rings. The van der Waals surface area contributed by atoms with Gasteiger partial charge in [-0.1, -0.05) is 18.2 Å². The van der Waals surface area contributed by atoms with E-state index in [0.29, 0.717) is 17.2 Å². The number of sulfonamides is 1. The van der Waals surface area contributed by atoms with E-state index in [-0.39, 0.29) is 18.2 Å². The molecule has 6 nitrogen and oxygen atoms in total. The molecule has 0 spiro atoms. The summed E-state index contributed by atoms with van der Waals surface area (Å²) in [6, 6.07) is 11.8. The minimum Gasteiger partial charge on any atom is -0.495 e. The van der Waals surface area contributed by atoms with Gasteiger partial charge in [0.1, 0.15) is 10.6 Å². The normalized spacial score (nSPS) is 13.1. The van der Waals surface area contributed by atoms with Gasteiger partial charge in [0.15, 0.2) is 11.5 Å². The van der Waals surface area contributed by atoms with Crippen LogP contribution in [0.2, 0.25) is 0 Å². The van der Waals surface area contributed by atoms with Gasteiger partial charge in [-0.05, 0) is 29.8 Å². The Bertz CT molecular complexity index is 788. The molecule has 116 valence electrons. The molecule has 22 heavy (non-hydrogen) atoms. The molecule has 2 aromatic carbocycles. The molecule has 0 aliphatic carbocycles. The average molecular weight is 321 g/mol. The smallest absolute Gasteiger partial charge is 0.244 e. The fraction of sp³-hybridized carbons (Fsp3) is 0.200. The third-order valence-corrected chi connectivity index (χ3v) is 4.70. The van der Waals surface area contributed by atoms with E-state index >= 15 is 0 Å². The molecule has 0 radical (unpaired) electrons.